The van der Waals surface area contributed by atoms with Crippen molar-refractivity contribution < 1.29 is 12.4 Å². The fraction of sp³-hybridized carbons (Fsp3) is 0.423. The van der Waals surface area contributed by atoms with Crippen LogP contribution in [0.15, 0.2) is 36.4 Å². The molecule has 0 fully saturated rings. The number of hydrogen-bond donors (Lipinski definition) is 0. The monoisotopic (exact) mass is 468 g/mol. The molecule has 2 aliphatic rings. The van der Waals surface area contributed by atoms with Gasteiger partial charge in [0, 0.05) is 48.8 Å². The van der Waals surface area contributed by atoms with Crippen LogP contribution in [0.25, 0.3) is 31.7 Å². The van der Waals surface area contributed by atoms with Gasteiger partial charge in [0.1, 0.15) is 18.6 Å². The minimum atomic E-state index is 0. The largest absolute Gasteiger partial charge is 1.00 e. The summed E-state index contributed by atoms with van der Waals surface area (Å²) in [6, 6.07) is 13.3. The molecule has 0 spiro atoms. The lowest BCUT2D eigenvalue weighted by atomic mass is 10.1. The van der Waals surface area contributed by atoms with Crippen molar-refractivity contribution in [2.24, 2.45) is 0 Å². The second-order valence-electron chi connectivity index (χ2n) is 8.12. The Bertz CT molecular complexity index is 1250. The number of benzene rings is 2. The number of aryl methyl sites for hydroxylation is 1. The summed E-state index contributed by atoms with van der Waals surface area (Å²) in [5.74, 6) is 0. The number of pyridine rings is 1. The number of nitrogens with zero attached hydrogens (tertiary/aromatic N) is 4. The fourth-order valence-electron chi connectivity index (χ4n) is 4.36. The van der Waals surface area contributed by atoms with Crippen molar-refractivity contribution in [3.8, 4) is 10.6 Å². The van der Waals surface area contributed by atoms with Gasteiger partial charge in [0.2, 0.25) is 5.36 Å². The lowest BCUT2D eigenvalue weighted by Crippen LogP contribution is -3.00. The zero-order chi connectivity index (χ0) is 22.0. The summed E-state index contributed by atoms with van der Waals surface area (Å²) in [6.45, 7) is 15.1. The van der Waals surface area contributed by atoms with Crippen molar-refractivity contribution in [3.05, 3.63) is 47.4 Å². The Hall–Kier alpha value is -2.24. The Labute approximate surface area is 201 Å². The van der Waals surface area contributed by atoms with Crippen molar-refractivity contribution in [3.63, 3.8) is 0 Å². The van der Waals surface area contributed by atoms with E-state index in [1.165, 1.54) is 20.6 Å². The summed E-state index contributed by atoms with van der Waals surface area (Å²) >= 11 is 1.85. The molecular weight excluding hydrogens is 436 g/mol. The van der Waals surface area contributed by atoms with Crippen molar-refractivity contribution in [2.75, 3.05) is 31.1 Å². The molecule has 4 rings (SSSR count). The Kier molecular flexibility index (Phi) is 8.07. The Morgan fingerprint density at radius 3 is 2.28 bits per heavy atom. The standard InChI is InChI=1S/C26H33N4S.ClH/c1-6-14-30(15-7-2)22-17-24-26(20-12-10-18(5)27-25(20)22)28-21-13-11-19(16-23(21)31-24)29(8-3)9-4;/h10-13,16-17H,6-9,14-15H2,1-5H3;1H/q+1;/p-1. The zero-order valence-corrected chi connectivity index (χ0v) is 21.4. The molecule has 1 aromatic heterocycles. The molecule has 170 valence electrons. The normalized spacial score (nSPS) is 11.2. The zero-order valence-electron chi connectivity index (χ0n) is 19.8. The maximum absolute atomic E-state index is 5.11. The lowest BCUT2D eigenvalue weighted by Gasteiger charge is -2.21. The topological polar surface area (TPSA) is 32.0 Å². The number of hydrogen-bond acceptors (Lipinski definition) is 4. The lowest BCUT2D eigenvalue weighted by molar-refractivity contribution is -0.00000653. The number of aromatic nitrogens is 2. The van der Waals surface area contributed by atoms with Crippen molar-refractivity contribution in [2.45, 2.75) is 47.5 Å². The van der Waals surface area contributed by atoms with Crippen LogP contribution in [0.5, 0.6) is 0 Å². The van der Waals surface area contributed by atoms with E-state index in [2.05, 4.69) is 80.5 Å². The van der Waals surface area contributed by atoms with Gasteiger partial charge in [-0.15, -0.1) is 11.3 Å². The summed E-state index contributed by atoms with van der Waals surface area (Å²) in [5, 5.41) is 2.40. The van der Waals surface area contributed by atoms with Crippen LogP contribution in [0.1, 0.15) is 46.2 Å². The molecule has 2 aromatic rings. The molecule has 0 radical (unpaired) electrons. The maximum atomic E-state index is 5.11. The van der Waals surface area contributed by atoms with Crippen LogP contribution in [-0.2, 0) is 0 Å². The van der Waals surface area contributed by atoms with Crippen molar-refractivity contribution in [1.82, 2.24) is 14.5 Å². The first-order valence-corrected chi connectivity index (χ1v) is 12.4. The van der Waals surface area contributed by atoms with Crippen LogP contribution >= 0.6 is 11.3 Å². The van der Waals surface area contributed by atoms with E-state index < -0.39 is 0 Å². The predicted molar refractivity (Wildman–Crippen MR) is 135 cm³/mol. The van der Waals surface area contributed by atoms with E-state index in [-0.39, 0.29) is 12.4 Å². The third-order valence-corrected chi connectivity index (χ3v) is 6.96. The molecule has 4 nitrogen and oxygen atoms in total. The van der Waals surface area contributed by atoms with E-state index in [1.54, 1.807) is 0 Å². The molecule has 32 heavy (non-hydrogen) atoms. The number of fused-ring (bicyclic) bond motifs is 4. The van der Waals surface area contributed by atoms with Crippen LogP contribution in [0.2, 0.25) is 0 Å². The molecule has 1 aliphatic carbocycles. The van der Waals surface area contributed by atoms with Crippen LogP contribution in [-0.4, -0.2) is 36.1 Å². The third-order valence-electron chi connectivity index (χ3n) is 5.89. The highest BCUT2D eigenvalue weighted by atomic mass is 35.5. The molecule has 2 heterocycles. The van der Waals surface area contributed by atoms with Crippen molar-refractivity contribution in [1.29, 1.82) is 0 Å². The molecule has 0 unspecified atom stereocenters. The summed E-state index contributed by atoms with van der Waals surface area (Å²) in [7, 11) is 0. The summed E-state index contributed by atoms with van der Waals surface area (Å²) in [4.78, 5) is 13.7. The molecule has 1 aromatic carbocycles. The molecule has 0 saturated heterocycles. The van der Waals surface area contributed by atoms with E-state index in [0.29, 0.717) is 0 Å². The summed E-state index contributed by atoms with van der Waals surface area (Å²) in [6.07, 6.45) is 2.25. The van der Waals surface area contributed by atoms with Gasteiger partial charge in [0.05, 0.1) is 20.8 Å². The number of anilines is 1. The highest BCUT2D eigenvalue weighted by Crippen LogP contribution is 2.35. The minimum Gasteiger partial charge on any atom is -1.00 e. The van der Waals surface area contributed by atoms with Gasteiger partial charge in [-0.2, -0.15) is 0 Å². The van der Waals surface area contributed by atoms with Gasteiger partial charge < -0.3 is 17.3 Å². The second-order valence-corrected chi connectivity index (χ2v) is 9.20. The molecule has 0 saturated carbocycles. The highest BCUT2D eigenvalue weighted by Gasteiger charge is 2.19. The van der Waals surface area contributed by atoms with Crippen LogP contribution in [0, 0.1) is 6.92 Å². The van der Waals surface area contributed by atoms with Gasteiger partial charge in [0.25, 0.3) is 0 Å². The van der Waals surface area contributed by atoms with Gasteiger partial charge in [-0.3, -0.25) is 0 Å². The molecule has 0 N–H and O–H groups in total. The van der Waals surface area contributed by atoms with E-state index in [1.807, 2.05) is 11.3 Å². The first-order valence-electron chi connectivity index (χ1n) is 11.6. The summed E-state index contributed by atoms with van der Waals surface area (Å²) in [5.41, 5.74) is 5.52. The van der Waals surface area contributed by atoms with Gasteiger partial charge in [-0.1, -0.05) is 13.8 Å². The summed E-state index contributed by atoms with van der Waals surface area (Å²) < 4.78 is 3.73. The van der Waals surface area contributed by atoms with Crippen LogP contribution < -0.4 is 27.2 Å². The Morgan fingerprint density at radius 2 is 1.62 bits per heavy atom. The second kappa shape index (κ2) is 10.6. The van der Waals surface area contributed by atoms with Gasteiger partial charge in [-0.05, 0) is 51.1 Å². The smallest absolute Gasteiger partial charge is 0.228 e. The predicted octanol–water partition coefficient (Wildman–Crippen LogP) is 2.70. The SMILES string of the molecule is CCC[N+](CCC)=c1cc2sc3cc(N(CC)CC)ccc3nc-2c2ccc(C)nc12.[Cl-]. The van der Waals surface area contributed by atoms with E-state index in [4.69, 9.17) is 9.97 Å². The Balaban J connectivity index is 0.00000289. The molecule has 1 aliphatic heterocycles. The average molecular weight is 469 g/mol. The number of halogens is 1. The first-order chi connectivity index (χ1) is 15.1. The molecule has 0 amide bonds. The minimum absolute atomic E-state index is 0. The van der Waals surface area contributed by atoms with E-state index in [0.717, 1.165) is 66.8 Å². The van der Waals surface area contributed by atoms with Crippen LogP contribution in [0.4, 0.5) is 5.69 Å². The van der Waals surface area contributed by atoms with Crippen molar-refractivity contribution >= 4 is 38.1 Å². The first kappa shape index (κ1) is 24.4. The van der Waals surface area contributed by atoms with E-state index in [9.17, 15) is 0 Å². The fourth-order valence-corrected chi connectivity index (χ4v) is 5.42. The van der Waals surface area contributed by atoms with Gasteiger partial charge >= 0.3 is 0 Å². The maximum Gasteiger partial charge on any atom is 0.228 e. The molecular formula is C26H33ClN4S. The van der Waals surface area contributed by atoms with E-state index >= 15 is 0 Å². The van der Waals surface area contributed by atoms with Gasteiger partial charge in [0.15, 0.2) is 0 Å². The quantitative estimate of drug-likeness (QED) is 0.237. The van der Waals surface area contributed by atoms with Gasteiger partial charge in [-0.25, -0.2) is 14.5 Å². The third kappa shape index (κ3) is 4.60. The molecule has 6 heteroatoms. The number of rotatable bonds is 7. The molecule has 0 bridgehead atoms. The Morgan fingerprint density at radius 1 is 0.906 bits per heavy atom. The highest BCUT2D eigenvalue weighted by molar-refractivity contribution is 7.21. The average Bonchev–Trinajstić information content (AvgIpc) is 2.78. The molecule has 0 atom stereocenters. The van der Waals surface area contributed by atoms with Crippen LogP contribution in [0.3, 0.4) is 0 Å².